The smallest absolute Gasteiger partial charge is 0.487 e. The van der Waals surface area contributed by atoms with Crippen LogP contribution in [0.1, 0.15) is 71.6 Å². The number of carbonyl (C=O) groups is 2. The average molecular weight is 846 g/mol. The first-order chi connectivity index (χ1) is 28.7. The lowest BCUT2D eigenvalue weighted by atomic mass is 10.1. The van der Waals surface area contributed by atoms with E-state index in [4.69, 9.17) is 41.9 Å². The van der Waals surface area contributed by atoms with Crippen molar-refractivity contribution in [3.63, 3.8) is 0 Å². The van der Waals surface area contributed by atoms with Gasteiger partial charge in [0.2, 0.25) is 0 Å². The lowest BCUT2D eigenvalue weighted by Crippen LogP contribution is -2.79. The number of aryl methyl sites for hydroxylation is 4. The summed E-state index contributed by atoms with van der Waals surface area (Å²) in [4.78, 5) is 40.1. The number of ether oxygens (including phenoxy) is 2. The van der Waals surface area contributed by atoms with E-state index < -0.39 is 23.8 Å². The molecule has 0 saturated heterocycles. The number of halogens is 5. The Morgan fingerprint density at radius 3 is 2.22 bits per heavy atom. The van der Waals surface area contributed by atoms with Crippen LogP contribution in [0.4, 0.5) is 17.6 Å². The molecule has 0 fully saturated rings. The van der Waals surface area contributed by atoms with Crippen LogP contribution in [0, 0.1) is 32.0 Å². The van der Waals surface area contributed by atoms with Crippen LogP contribution < -0.4 is 14.8 Å². The second kappa shape index (κ2) is 16.0. The number of alkyl halides is 3. The summed E-state index contributed by atoms with van der Waals surface area (Å²) in [5.74, 6) is -1.93. The molecule has 3 N–H and O–H groups in total. The van der Waals surface area contributed by atoms with Crippen LogP contribution in [0.5, 0.6) is 11.5 Å². The summed E-state index contributed by atoms with van der Waals surface area (Å²) in [5, 5.41) is 18.9. The van der Waals surface area contributed by atoms with Gasteiger partial charge in [-0.25, -0.2) is 23.4 Å². The molecule has 0 spiro atoms. The van der Waals surface area contributed by atoms with Gasteiger partial charge < -0.3 is 30.0 Å². The second-order valence-corrected chi connectivity index (χ2v) is 14.9. The Labute approximate surface area is 344 Å². The molecule has 0 saturated carbocycles. The Morgan fingerprint density at radius 2 is 1.53 bits per heavy atom. The number of hydrogen-bond donors (Lipinski definition) is 2. The van der Waals surface area contributed by atoms with Gasteiger partial charge in [0, 0.05) is 40.9 Å². The van der Waals surface area contributed by atoms with E-state index in [0.717, 1.165) is 34.8 Å². The van der Waals surface area contributed by atoms with Gasteiger partial charge in [0.1, 0.15) is 30.5 Å². The Hall–Kier alpha value is -6.40. The molecule has 14 nitrogen and oxygen atoms in total. The van der Waals surface area contributed by atoms with Crippen LogP contribution in [0.15, 0.2) is 54.7 Å². The molecule has 2 aliphatic heterocycles. The number of hydrogen-bond acceptors (Lipinski definition) is 9. The van der Waals surface area contributed by atoms with E-state index in [-0.39, 0.29) is 55.6 Å². The van der Waals surface area contributed by atoms with E-state index in [1.807, 2.05) is 26.1 Å². The first-order valence-corrected chi connectivity index (χ1v) is 19.4. The molecule has 0 atom stereocenters. The standard InChI is InChI=1S/C41H37ClF4N10O4/c1-22-23(2)49-37-28-18-53(39(57)26-7-4-5-8-34(26)60-41(44,45)46)21-32(28)52-56(37)33(22)12-11-30-36(42)24(3)55-38(50-30)29-19-54(20-31(29)51-55)40(58)27-10-9-25(43)17-35(27)59-16-15-48-14-6-13-47/h4-10,13-14,17,47-48H,11-12,15-16,18-21H2,1-3H3/p+1/b14-6-,47-13?. The molecule has 2 aromatic carbocycles. The fourth-order valence-corrected chi connectivity index (χ4v) is 7.80. The van der Waals surface area contributed by atoms with Gasteiger partial charge in [-0.05, 0) is 63.4 Å². The number of nitrogens with one attached hydrogen (secondary N) is 1. The molecule has 0 bridgehead atoms. The summed E-state index contributed by atoms with van der Waals surface area (Å²) < 4.78 is 66.9. The maximum atomic E-state index is 14.3. The van der Waals surface area contributed by atoms with Crippen molar-refractivity contribution in [3.05, 3.63) is 128 Å². The molecule has 19 heteroatoms. The molecule has 2 aliphatic rings. The zero-order valence-electron chi connectivity index (χ0n) is 32.6. The molecule has 8 rings (SSSR count). The SMILES string of the molecule is Cc1nc2c3c(nn2c(CCc2nc4c5c(nn4c(C)c2Cl)CN(C(=O)c2ccc(F)cc2OCC[NH2+]/C=C\C=N)C5)c1C)CN(C(=O)c1ccccc1OC(F)(F)F)C3. The quantitative estimate of drug-likeness (QED) is 0.0917. The van der Waals surface area contributed by atoms with E-state index in [2.05, 4.69) is 4.74 Å². The van der Waals surface area contributed by atoms with Gasteiger partial charge in [-0.1, -0.05) is 23.7 Å². The molecule has 60 heavy (non-hydrogen) atoms. The number of fused-ring (bicyclic) bond motifs is 6. The van der Waals surface area contributed by atoms with Crippen LogP contribution in [-0.4, -0.2) is 76.5 Å². The minimum atomic E-state index is -4.96. The van der Waals surface area contributed by atoms with Crippen LogP contribution in [0.3, 0.4) is 0 Å². The molecule has 6 aromatic rings. The van der Waals surface area contributed by atoms with E-state index >= 15 is 0 Å². The Bertz CT molecular complexity index is 2750. The number of nitrogens with zero attached hydrogens (tertiary/aromatic N) is 8. The topological polar surface area (TPSA) is 160 Å². The van der Waals surface area contributed by atoms with E-state index in [0.29, 0.717) is 64.0 Å². The van der Waals surface area contributed by atoms with Crippen molar-refractivity contribution < 1.29 is 41.9 Å². The van der Waals surface area contributed by atoms with E-state index in [1.54, 1.807) is 26.2 Å². The first kappa shape index (κ1) is 40.4. The van der Waals surface area contributed by atoms with Crippen molar-refractivity contribution in [3.8, 4) is 11.5 Å². The van der Waals surface area contributed by atoms with E-state index in [9.17, 15) is 27.2 Å². The van der Waals surface area contributed by atoms with Crippen LogP contribution in [0.2, 0.25) is 5.02 Å². The third kappa shape index (κ3) is 7.63. The van der Waals surface area contributed by atoms with Crippen molar-refractivity contribution in [2.24, 2.45) is 0 Å². The fourth-order valence-electron chi connectivity index (χ4n) is 7.58. The monoisotopic (exact) mass is 845 g/mol. The number of amides is 2. The van der Waals surface area contributed by atoms with Crippen molar-refractivity contribution in [2.45, 2.75) is 66.2 Å². The molecule has 0 unspecified atom stereocenters. The highest BCUT2D eigenvalue weighted by atomic mass is 35.5. The van der Waals surface area contributed by atoms with Crippen LogP contribution >= 0.6 is 11.6 Å². The highest BCUT2D eigenvalue weighted by Crippen LogP contribution is 2.35. The van der Waals surface area contributed by atoms with Gasteiger partial charge in [0.15, 0.2) is 11.3 Å². The Balaban J connectivity index is 1.01. The highest BCUT2D eigenvalue weighted by molar-refractivity contribution is 6.31. The number of para-hydroxylation sites is 1. The number of carbonyl (C=O) groups excluding carboxylic acids is 2. The van der Waals surface area contributed by atoms with Gasteiger partial charge in [-0.3, -0.25) is 9.59 Å². The molecule has 2 amide bonds. The van der Waals surface area contributed by atoms with Gasteiger partial charge in [0.05, 0.1) is 71.3 Å². The van der Waals surface area contributed by atoms with Gasteiger partial charge in [-0.2, -0.15) is 10.2 Å². The van der Waals surface area contributed by atoms with Crippen molar-refractivity contribution in [2.75, 3.05) is 13.2 Å². The predicted octanol–water partition coefficient (Wildman–Crippen LogP) is 5.59. The van der Waals surface area contributed by atoms with Crippen molar-refractivity contribution in [1.29, 1.82) is 5.41 Å². The number of rotatable bonds is 12. The Morgan fingerprint density at radius 1 is 0.883 bits per heavy atom. The largest absolute Gasteiger partial charge is 0.573 e. The number of nitrogens with two attached hydrogens (primary N) is 1. The fraction of sp³-hybridized carbons (Fsp3) is 0.293. The number of allylic oxidation sites excluding steroid dienone is 1. The minimum Gasteiger partial charge on any atom is -0.487 e. The molecule has 0 aliphatic carbocycles. The lowest BCUT2D eigenvalue weighted by Gasteiger charge is -2.19. The summed E-state index contributed by atoms with van der Waals surface area (Å²) >= 11 is 6.93. The maximum Gasteiger partial charge on any atom is 0.573 e. The maximum absolute atomic E-state index is 14.3. The first-order valence-electron chi connectivity index (χ1n) is 19.0. The molecule has 310 valence electrons. The van der Waals surface area contributed by atoms with Crippen molar-refractivity contribution in [1.82, 2.24) is 39.0 Å². The zero-order chi connectivity index (χ0) is 42.5. The summed E-state index contributed by atoms with van der Waals surface area (Å²) in [7, 11) is 0. The third-order valence-electron chi connectivity index (χ3n) is 10.7. The molecule has 6 heterocycles. The zero-order valence-corrected chi connectivity index (χ0v) is 33.4. The molecular weight excluding hydrogens is 808 g/mol. The summed E-state index contributed by atoms with van der Waals surface area (Å²) in [6.45, 7) is 6.98. The molecular formula is C41H38ClF4N10O4+. The van der Waals surface area contributed by atoms with Crippen molar-refractivity contribution >= 4 is 40.9 Å². The molecule has 0 radical (unpaired) electrons. The summed E-state index contributed by atoms with van der Waals surface area (Å²) in [5.41, 5.74) is 7.68. The number of quaternary nitrogens is 1. The summed E-state index contributed by atoms with van der Waals surface area (Å²) in [6.07, 6.45) is 0.345. The van der Waals surface area contributed by atoms with Gasteiger partial charge >= 0.3 is 6.36 Å². The normalized spacial score (nSPS) is 13.8. The summed E-state index contributed by atoms with van der Waals surface area (Å²) in [6, 6.07) is 9.08. The van der Waals surface area contributed by atoms with Crippen LogP contribution in [-0.2, 0) is 39.0 Å². The van der Waals surface area contributed by atoms with E-state index in [1.165, 1.54) is 41.3 Å². The Kier molecular flexibility index (Phi) is 10.8. The van der Waals surface area contributed by atoms with Gasteiger partial charge in [-0.15, -0.1) is 13.2 Å². The lowest BCUT2D eigenvalue weighted by molar-refractivity contribution is -0.588. The highest BCUT2D eigenvalue weighted by Gasteiger charge is 2.36. The third-order valence-corrected chi connectivity index (χ3v) is 11.2. The second-order valence-electron chi connectivity index (χ2n) is 14.5. The average Bonchev–Trinajstić information content (AvgIpc) is 3.98. The van der Waals surface area contributed by atoms with Crippen LogP contribution in [0.25, 0.3) is 11.3 Å². The number of benzene rings is 2. The number of aromatic nitrogens is 6. The molecule has 4 aromatic heterocycles. The van der Waals surface area contributed by atoms with Gasteiger partial charge in [0.25, 0.3) is 11.8 Å². The predicted molar refractivity (Wildman–Crippen MR) is 209 cm³/mol. The minimum absolute atomic E-state index is 0.0729.